The molecule has 0 radical (unpaired) electrons. The molecule has 0 spiro atoms. The van der Waals surface area contributed by atoms with Crippen molar-refractivity contribution in [1.29, 1.82) is 0 Å². The zero-order valence-electron chi connectivity index (χ0n) is 16.4. The van der Waals surface area contributed by atoms with Crippen molar-refractivity contribution < 1.29 is 19.0 Å². The first-order valence-electron chi connectivity index (χ1n) is 9.94. The molecular weight excluding hydrogens is 377 g/mol. The summed E-state index contributed by atoms with van der Waals surface area (Å²) in [6, 6.07) is 1.37. The van der Waals surface area contributed by atoms with E-state index >= 15 is 4.39 Å². The van der Waals surface area contributed by atoms with E-state index in [-0.39, 0.29) is 28.4 Å². The quantitative estimate of drug-likeness (QED) is 0.816. The molecule has 3 atom stereocenters. The highest BCUT2D eigenvalue weighted by atomic mass is 19.1. The van der Waals surface area contributed by atoms with Gasteiger partial charge in [0.1, 0.15) is 11.3 Å². The van der Waals surface area contributed by atoms with E-state index in [1.165, 1.54) is 19.4 Å². The van der Waals surface area contributed by atoms with Gasteiger partial charge in [0.15, 0.2) is 11.6 Å². The molecular formula is C21H24FN3O4. The summed E-state index contributed by atoms with van der Waals surface area (Å²) in [5.41, 5.74) is 5.98. The number of benzene rings is 1. The van der Waals surface area contributed by atoms with Gasteiger partial charge in [-0.05, 0) is 36.7 Å². The first-order valence-corrected chi connectivity index (χ1v) is 9.94. The van der Waals surface area contributed by atoms with Crippen molar-refractivity contribution in [2.75, 3.05) is 25.1 Å². The number of halogens is 1. The van der Waals surface area contributed by atoms with Gasteiger partial charge in [-0.25, -0.2) is 9.18 Å². The van der Waals surface area contributed by atoms with Crippen LogP contribution in [0.5, 0.6) is 5.75 Å². The summed E-state index contributed by atoms with van der Waals surface area (Å²) in [7, 11) is 1.46. The molecule has 1 aromatic carbocycles. The second-order valence-corrected chi connectivity index (χ2v) is 8.96. The second kappa shape index (κ2) is 5.95. The summed E-state index contributed by atoms with van der Waals surface area (Å²) in [6.07, 6.45) is 4.04. The minimum Gasteiger partial charge on any atom is -0.492 e. The van der Waals surface area contributed by atoms with Gasteiger partial charge in [-0.1, -0.05) is 6.92 Å². The number of aromatic nitrogens is 1. The highest BCUT2D eigenvalue weighted by molar-refractivity contribution is 5.97. The van der Waals surface area contributed by atoms with Crippen LogP contribution in [0.1, 0.15) is 42.6 Å². The Kier molecular flexibility index (Phi) is 3.78. The first kappa shape index (κ1) is 18.4. The third kappa shape index (κ3) is 2.51. The number of methoxy groups -OCH3 is 1. The first-order chi connectivity index (χ1) is 13.7. The van der Waals surface area contributed by atoms with Crippen LogP contribution in [-0.2, 0) is 0 Å². The fraction of sp³-hybridized carbons (Fsp3) is 0.524. The average Bonchev–Trinajstić information content (AvgIpc) is 3.45. The average molecular weight is 401 g/mol. The number of pyridine rings is 1. The van der Waals surface area contributed by atoms with Gasteiger partial charge in [-0.15, -0.1) is 0 Å². The Bertz CT molecular complexity index is 1110. The Morgan fingerprint density at radius 1 is 1.41 bits per heavy atom. The summed E-state index contributed by atoms with van der Waals surface area (Å²) in [5, 5.41) is 9.48. The molecule has 1 aromatic heterocycles. The minimum absolute atomic E-state index is 0.0417. The van der Waals surface area contributed by atoms with Gasteiger partial charge in [0.2, 0.25) is 5.43 Å². The minimum atomic E-state index is -1.31. The van der Waals surface area contributed by atoms with Crippen LogP contribution >= 0.6 is 0 Å². The summed E-state index contributed by atoms with van der Waals surface area (Å²) in [4.78, 5) is 26.3. The van der Waals surface area contributed by atoms with Crippen LogP contribution in [-0.4, -0.2) is 41.9 Å². The molecule has 1 saturated heterocycles. The number of fused-ring (bicyclic) bond motifs is 2. The number of anilines is 1. The molecule has 3 aliphatic rings. The number of nitrogens with zero attached hydrogens (tertiary/aromatic N) is 2. The maximum Gasteiger partial charge on any atom is 0.341 e. The molecule has 154 valence electrons. The monoisotopic (exact) mass is 401 g/mol. The molecule has 2 saturated carbocycles. The van der Waals surface area contributed by atoms with Crippen molar-refractivity contribution in [2.45, 2.75) is 38.3 Å². The third-order valence-electron chi connectivity index (χ3n) is 6.97. The molecule has 3 N–H and O–H groups in total. The van der Waals surface area contributed by atoms with E-state index in [9.17, 15) is 14.7 Å². The highest BCUT2D eigenvalue weighted by Crippen LogP contribution is 2.54. The van der Waals surface area contributed by atoms with Crippen molar-refractivity contribution in [1.82, 2.24) is 4.57 Å². The molecule has 29 heavy (non-hydrogen) atoms. The van der Waals surface area contributed by atoms with Crippen LogP contribution in [0, 0.1) is 17.2 Å². The standard InChI is InChI=1S/C21H24FN3O4/c1-21-6-15(23)13(21)8-24(9-21)17-14(22)5-11-16(19(17)29-2)25(10-3-4-10)7-12(18(11)26)20(27)28/h5,7,10,13,15H,3-4,6,8-9,23H2,1-2H3,(H,27,28)/t13-,15-,21-/m0/s1. The Hall–Kier alpha value is -2.61. The van der Waals surface area contributed by atoms with E-state index < -0.39 is 17.2 Å². The van der Waals surface area contributed by atoms with E-state index in [0.717, 1.165) is 19.3 Å². The molecule has 2 heterocycles. The predicted octanol–water partition coefficient (Wildman–Crippen LogP) is 2.36. The van der Waals surface area contributed by atoms with Gasteiger partial charge in [0, 0.05) is 31.4 Å². The number of ether oxygens (including phenoxy) is 1. The third-order valence-corrected chi connectivity index (χ3v) is 6.97. The van der Waals surface area contributed by atoms with E-state index in [2.05, 4.69) is 6.92 Å². The van der Waals surface area contributed by atoms with Crippen molar-refractivity contribution in [3.8, 4) is 5.75 Å². The van der Waals surface area contributed by atoms with E-state index in [4.69, 9.17) is 10.5 Å². The van der Waals surface area contributed by atoms with Crippen molar-refractivity contribution in [3.05, 3.63) is 33.9 Å². The number of carbonyl (C=O) groups is 1. The maximum absolute atomic E-state index is 15.3. The molecule has 0 bridgehead atoms. The number of aromatic carboxylic acids is 1. The summed E-state index contributed by atoms with van der Waals surface area (Å²) in [6.45, 7) is 3.48. The maximum atomic E-state index is 15.3. The number of rotatable bonds is 4. The lowest BCUT2D eigenvalue weighted by atomic mass is 9.60. The van der Waals surface area contributed by atoms with E-state index in [0.29, 0.717) is 36.0 Å². The normalized spacial score (nSPS) is 28.3. The lowest BCUT2D eigenvalue weighted by Crippen LogP contribution is -2.53. The zero-order chi connectivity index (χ0) is 20.7. The zero-order valence-corrected chi connectivity index (χ0v) is 16.4. The SMILES string of the molecule is COc1c(N2C[C@H]3[C@@H](N)C[C@@]3(C)C2)c(F)cc2c(=O)c(C(=O)O)cn(C3CC3)c12. The van der Waals surface area contributed by atoms with Gasteiger partial charge in [-0.3, -0.25) is 4.79 Å². The Labute approximate surface area is 166 Å². The van der Waals surface area contributed by atoms with E-state index in [1.54, 1.807) is 4.57 Å². The van der Waals surface area contributed by atoms with Gasteiger partial charge >= 0.3 is 5.97 Å². The molecule has 5 rings (SSSR count). The topological polar surface area (TPSA) is 97.8 Å². The molecule has 1 aliphatic heterocycles. The van der Waals surface area contributed by atoms with Gasteiger partial charge in [-0.2, -0.15) is 0 Å². The number of hydrogen-bond acceptors (Lipinski definition) is 5. The molecule has 7 nitrogen and oxygen atoms in total. The Morgan fingerprint density at radius 2 is 2.14 bits per heavy atom. The fourth-order valence-corrected chi connectivity index (χ4v) is 5.36. The summed E-state index contributed by atoms with van der Waals surface area (Å²) in [5.74, 6) is -1.30. The Morgan fingerprint density at radius 3 is 2.69 bits per heavy atom. The van der Waals surface area contributed by atoms with Gasteiger partial charge < -0.3 is 25.0 Å². The highest BCUT2D eigenvalue weighted by Gasteiger charge is 2.55. The van der Waals surface area contributed by atoms with Crippen LogP contribution in [0.15, 0.2) is 17.1 Å². The molecule has 0 amide bonds. The fourth-order valence-electron chi connectivity index (χ4n) is 5.36. The van der Waals surface area contributed by atoms with Gasteiger partial charge in [0.05, 0.1) is 18.0 Å². The van der Waals surface area contributed by atoms with Crippen molar-refractivity contribution >= 4 is 22.6 Å². The second-order valence-electron chi connectivity index (χ2n) is 8.96. The van der Waals surface area contributed by atoms with Crippen molar-refractivity contribution in [2.24, 2.45) is 17.1 Å². The number of carboxylic acid groups (broad SMARTS) is 1. The lowest BCUT2D eigenvalue weighted by Gasteiger charge is -2.46. The summed E-state index contributed by atoms with van der Waals surface area (Å²) < 4.78 is 22.8. The molecule has 2 aliphatic carbocycles. The smallest absolute Gasteiger partial charge is 0.341 e. The number of carboxylic acids is 1. The van der Waals surface area contributed by atoms with Crippen molar-refractivity contribution in [3.63, 3.8) is 0 Å². The molecule has 2 aromatic rings. The van der Waals surface area contributed by atoms with Crippen LogP contribution in [0.4, 0.5) is 10.1 Å². The largest absolute Gasteiger partial charge is 0.492 e. The van der Waals surface area contributed by atoms with E-state index in [1.807, 2.05) is 4.90 Å². The molecule has 8 heteroatoms. The number of hydrogen-bond donors (Lipinski definition) is 2. The van der Waals surface area contributed by atoms with Gasteiger partial charge in [0.25, 0.3) is 0 Å². The summed E-state index contributed by atoms with van der Waals surface area (Å²) >= 11 is 0. The lowest BCUT2D eigenvalue weighted by molar-refractivity contribution is 0.0694. The molecule has 3 fully saturated rings. The Balaban J connectivity index is 1.76. The molecule has 0 unspecified atom stereocenters. The van der Waals surface area contributed by atoms with Crippen LogP contribution in [0.2, 0.25) is 0 Å². The number of nitrogens with two attached hydrogens (primary N) is 1. The predicted molar refractivity (Wildman–Crippen MR) is 106 cm³/mol. The van der Waals surface area contributed by atoms with Crippen LogP contribution in [0.25, 0.3) is 10.9 Å². The van der Waals surface area contributed by atoms with Crippen LogP contribution < -0.4 is 20.8 Å². The van der Waals surface area contributed by atoms with Crippen LogP contribution in [0.3, 0.4) is 0 Å².